The van der Waals surface area contributed by atoms with Crippen molar-refractivity contribution in [3.63, 3.8) is 0 Å². The monoisotopic (exact) mass is 404 g/mol. The van der Waals surface area contributed by atoms with E-state index in [-0.39, 0.29) is 9.88 Å². The summed E-state index contributed by atoms with van der Waals surface area (Å²) in [4.78, 5) is 0.320. The number of halogens is 2. The molecular weight excluding hydrogens is 396 g/mol. The van der Waals surface area contributed by atoms with Crippen LogP contribution < -0.4 is 10.5 Å². The first-order valence-electron chi connectivity index (χ1n) is 5.67. The van der Waals surface area contributed by atoms with Gasteiger partial charge < -0.3 is 5.73 Å². The van der Waals surface area contributed by atoms with E-state index in [1.165, 1.54) is 12.1 Å². The van der Waals surface area contributed by atoms with Crippen LogP contribution >= 0.6 is 39.7 Å². The molecule has 0 saturated heterocycles. The molecule has 4 nitrogen and oxygen atoms in total. The summed E-state index contributed by atoms with van der Waals surface area (Å²) in [6.45, 7) is 0. The standard InChI is InChI=1S/C13H10BrClN2O2S2/c14-11-6-8(13(16)20)4-5-12(11)17-21(18,19)10-3-1-2-9(15)7-10/h1-7,17H,(H2,16,20). The van der Waals surface area contributed by atoms with Crippen molar-refractivity contribution in [2.45, 2.75) is 4.90 Å². The molecule has 2 rings (SSSR count). The van der Waals surface area contributed by atoms with Gasteiger partial charge in [0, 0.05) is 15.1 Å². The van der Waals surface area contributed by atoms with Crippen LogP contribution in [0, 0.1) is 0 Å². The molecule has 0 aliphatic rings. The minimum Gasteiger partial charge on any atom is -0.389 e. The van der Waals surface area contributed by atoms with Gasteiger partial charge in [-0.05, 0) is 52.3 Å². The molecule has 2 aromatic rings. The molecule has 21 heavy (non-hydrogen) atoms. The topological polar surface area (TPSA) is 72.2 Å². The fraction of sp³-hybridized carbons (Fsp3) is 0. The molecule has 0 aliphatic heterocycles. The van der Waals surface area contributed by atoms with Crippen molar-refractivity contribution in [1.82, 2.24) is 0 Å². The quantitative estimate of drug-likeness (QED) is 0.763. The predicted octanol–water partition coefficient (Wildman–Crippen LogP) is 3.54. The lowest BCUT2D eigenvalue weighted by Crippen LogP contribution is -2.14. The number of nitrogens with two attached hydrogens (primary N) is 1. The number of nitrogens with one attached hydrogen (secondary N) is 1. The Bertz CT molecular complexity index is 810. The Morgan fingerprint density at radius 1 is 1.24 bits per heavy atom. The average molecular weight is 406 g/mol. The van der Waals surface area contributed by atoms with Crippen LogP contribution in [0.1, 0.15) is 5.56 Å². The third-order valence-electron chi connectivity index (χ3n) is 2.60. The highest BCUT2D eigenvalue weighted by molar-refractivity contribution is 9.10. The zero-order valence-electron chi connectivity index (χ0n) is 10.5. The Hall–Kier alpha value is -1.15. The summed E-state index contributed by atoms with van der Waals surface area (Å²) in [6.07, 6.45) is 0. The summed E-state index contributed by atoms with van der Waals surface area (Å²) in [5, 5.41) is 0.348. The van der Waals surface area contributed by atoms with Crippen LogP contribution in [0.2, 0.25) is 5.02 Å². The molecule has 0 radical (unpaired) electrons. The highest BCUT2D eigenvalue weighted by Crippen LogP contribution is 2.27. The fourth-order valence-corrected chi connectivity index (χ4v) is 3.71. The molecule has 0 fully saturated rings. The molecule has 2 aromatic carbocycles. The number of benzene rings is 2. The van der Waals surface area contributed by atoms with E-state index >= 15 is 0 Å². The maximum atomic E-state index is 12.3. The Morgan fingerprint density at radius 3 is 2.52 bits per heavy atom. The number of thiocarbonyl (C=S) groups is 1. The van der Waals surface area contributed by atoms with Gasteiger partial charge in [0.05, 0.1) is 10.6 Å². The summed E-state index contributed by atoms with van der Waals surface area (Å²) in [7, 11) is -3.72. The molecule has 110 valence electrons. The van der Waals surface area contributed by atoms with E-state index in [4.69, 9.17) is 29.6 Å². The van der Waals surface area contributed by atoms with E-state index in [9.17, 15) is 8.42 Å². The normalized spacial score (nSPS) is 11.1. The van der Waals surface area contributed by atoms with Gasteiger partial charge in [-0.15, -0.1) is 0 Å². The van der Waals surface area contributed by atoms with Gasteiger partial charge in [0.25, 0.3) is 10.0 Å². The second-order valence-electron chi connectivity index (χ2n) is 4.12. The molecule has 0 atom stereocenters. The maximum Gasteiger partial charge on any atom is 0.261 e. The zero-order chi connectivity index (χ0) is 15.6. The van der Waals surface area contributed by atoms with E-state index < -0.39 is 10.0 Å². The van der Waals surface area contributed by atoms with Gasteiger partial charge in [-0.2, -0.15) is 0 Å². The molecule has 0 bridgehead atoms. The summed E-state index contributed by atoms with van der Waals surface area (Å²) in [5.74, 6) is 0. The van der Waals surface area contributed by atoms with Crippen LogP contribution in [0.4, 0.5) is 5.69 Å². The number of rotatable bonds is 4. The van der Waals surface area contributed by atoms with E-state index in [1.807, 2.05) is 0 Å². The SMILES string of the molecule is NC(=S)c1ccc(NS(=O)(=O)c2cccc(Cl)c2)c(Br)c1. The summed E-state index contributed by atoms with van der Waals surface area (Å²) >= 11 is 14.0. The number of hydrogen-bond donors (Lipinski definition) is 2. The highest BCUT2D eigenvalue weighted by atomic mass is 79.9. The van der Waals surface area contributed by atoms with Crippen LogP contribution in [0.25, 0.3) is 0 Å². The van der Waals surface area contributed by atoms with Crippen molar-refractivity contribution >= 4 is 60.4 Å². The predicted molar refractivity (Wildman–Crippen MR) is 92.3 cm³/mol. The third-order valence-corrected chi connectivity index (χ3v) is 5.09. The van der Waals surface area contributed by atoms with Gasteiger partial charge in [-0.1, -0.05) is 29.9 Å². The summed E-state index contributed by atoms with van der Waals surface area (Å²) in [5.41, 5.74) is 6.55. The van der Waals surface area contributed by atoms with Crippen LogP contribution in [0.5, 0.6) is 0 Å². The molecule has 0 amide bonds. The van der Waals surface area contributed by atoms with Crippen LogP contribution in [-0.4, -0.2) is 13.4 Å². The smallest absolute Gasteiger partial charge is 0.261 e. The van der Waals surface area contributed by atoms with E-state index in [1.54, 1.807) is 30.3 Å². The van der Waals surface area contributed by atoms with Gasteiger partial charge in [-0.25, -0.2) is 8.42 Å². The van der Waals surface area contributed by atoms with Crippen molar-refractivity contribution in [2.75, 3.05) is 4.72 Å². The Morgan fingerprint density at radius 2 is 1.95 bits per heavy atom. The van der Waals surface area contributed by atoms with Gasteiger partial charge in [-0.3, -0.25) is 4.72 Å². The largest absolute Gasteiger partial charge is 0.389 e. The maximum absolute atomic E-state index is 12.3. The fourth-order valence-electron chi connectivity index (χ4n) is 1.59. The van der Waals surface area contributed by atoms with Crippen molar-refractivity contribution in [2.24, 2.45) is 5.73 Å². The van der Waals surface area contributed by atoms with E-state index in [0.717, 1.165) is 0 Å². The lowest BCUT2D eigenvalue weighted by molar-refractivity contribution is 0.601. The van der Waals surface area contributed by atoms with Gasteiger partial charge in [0.2, 0.25) is 0 Å². The molecule has 8 heteroatoms. The van der Waals surface area contributed by atoms with Crippen LogP contribution in [0.15, 0.2) is 51.8 Å². The lowest BCUT2D eigenvalue weighted by atomic mass is 10.2. The van der Waals surface area contributed by atoms with E-state index in [2.05, 4.69) is 20.7 Å². The Labute approximate surface area is 141 Å². The lowest BCUT2D eigenvalue weighted by Gasteiger charge is -2.11. The molecule has 0 spiro atoms. The Balaban J connectivity index is 2.35. The molecule has 0 aromatic heterocycles. The first-order valence-corrected chi connectivity index (χ1v) is 8.73. The second-order valence-corrected chi connectivity index (χ2v) is 7.53. The molecule has 0 aliphatic carbocycles. The van der Waals surface area contributed by atoms with Crippen LogP contribution in [0.3, 0.4) is 0 Å². The summed E-state index contributed by atoms with van der Waals surface area (Å²) in [6, 6.07) is 10.9. The van der Waals surface area contributed by atoms with E-state index in [0.29, 0.717) is 20.7 Å². The number of anilines is 1. The third kappa shape index (κ3) is 3.94. The first-order chi connectivity index (χ1) is 9.79. The van der Waals surface area contributed by atoms with Crippen molar-refractivity contribution < 1.29 is 8.42 Å². The summed E-state index contributed by atoms with van der Waals surface area (Å²) < 4.78 is 27.6. The Kier molecular flexibility index (Phi) is 4.88. The second kappa shape index (κ2) is 6.31. The highest BCUT2D eigenvalue weighted by Gasteiger charge is 2.16. The van der Waals surface area contributed by atoms with Crippen LogP contribution in [-0.2, 0) is 10.0 Å². The molecular formula is C13H10BrClN2O2S2. The minimum atomic E-state index is -3.72. The van der Waals surface area contributed by atoms with Gasteiger partial charge >= 0.3 is 0 Å². The van der Waals surface area contributed by atoms with Crippen molar-refractivity contribution in [3.05, 3.63) is 57.5 Å². The zero-order valence-corrected chi connectivity index (χ0v) is 14.5. The molecule has 0 heterocycles. The van der Waals surface area contributed by atoms with Crippen molar-refractivity contribution in [1.29, 1.82) is 0 Å². The molecule has 0 saturated carbocycles. The molecule has 0 unspecified atom stereocenters. The van der Waals surface area contributed by atoms with Crippen molar-refractivity contribution in [3.8, 4) is 0 Å². The number of hydrogen-bond acceptors (Lipinski definition) is 3. The first kappa shape index (κ1) is 16.2. The minimum absolute atomic E-state index is 0.0836. The number of sulfonamides is 1. The van der Waals surface area contributed by atoms with Gasteiger partial charge in [0.15, 0.2) is 0 Å². The van der Waals surface area contributed by atoms with Gasteiger partial charge in [0.1, 0.15) is 4.99 Å². The average Bonchev–Trinajstić information content (AvgIpc) is 2.40. The molecule has 3 N–H and O–H groups in total.